The normalized spacial score (nSPS) is 21.4. The van der Waals surface area contributed by atoms with Crippen LogP contribution in [0.25, 0.3) is 0 Å². The third kappa shape index (κ3) is 6.97. The van der Waals surface area contributed by atoms with E-state index in [1.165, 1.54) is 60.6 Å². The second-order valence-corrected chi connectivity index (χ2v) is 13.1. The van der Waals surface area contributed by atoms with Crippen LogP contribution in [-0.4, -0.2) is 44.0 Å². The minimum Gasteiger partial charge on any atom is -0.493 e. The molecule has 3 unspecified atom stereocenters. The Labute approximate surface area is 241 Å². The molecular weight excluding hydrogens is 558 g/mol. The number of amides is 1. The minimum atomic E-state index is -4.49. The number of hydrogen-bond acceptors (Lipinski definition) is 4. The highest BCUT2D eigenvalue weighted by Crippen LogP contribution is 2.37. The van der Waals surface area contributed by atoms with Gasteiger partial charge in [-0.2, -0.15) is 13.5 Å². The summed E-state index contributed by atoms with van der Waals surface area (Å²) in [5, 5.41) is 0.255. The van der Waals surface area contributed by atoms with E-state index in [9.17, 15) is 13.2 Å². The summed E-state index contributed by atoms with van der Waals surface area (Å²) in [4.78, 5) is 15.1. The van der Waals surface area contributed by atoms with Gasteiger partial charge in [0.25, 0.3) is 5.92 Å². The third-order valence-electron chi connectivity index (χ3n) is 8.27. The number of benzene rings is 2. The van der Waals surface area contributed by atoms with Gasteiger partial charge in [0.05, 0.1) is 11.5 Å². The van der Waals surface area contributed by atoms with Crippen molar-refractivity contribution in [3.05, 3.63) is 59.1 Å². The first-order valence-corrected chi connectivity index (χ1v) is 16.1. The van der Waals surface area contributed by atoms with E-state index in [4.69, 9.17) is 16.3 Å². The Morgan fingerprint density at radius 2 is 1.55 bits per heavy atom. The van der Waals surface area contributed by atoms with Crippen molar-refractivity contribution in [2.75, 3.05) is 6.61 Å². The molecule has 0 radical (unpaired) electrons. The Kier molecular flexibility index (Phi) is 10.1. The number of likely N-dealkylation sites (tertiary alicyclic amines) is 1. The van der Waals surface area contributed by atoms with Crippen LogP contribution in [0.2, 0.25) is 5.02 Å². The largest absolute Gasteiger partial charge is 0.493 e. The topological polar surface area (TPSA) is 75.7 Å². The molecule has 3 atom stereocenters. The number of carbonyl (C=O) groups is 1. The van der Waals surface area contributed by atoms with Crippen molar-refractivity contribution < 1.29 is 26.7 Å². The van der Waals surface area contributed by atoms with E-state index in [0.29, 0.717) is 44.0 Å². The molecule has 1 saturated carbocycles. The van der Waals surface area contributed by atoms with Crippen molar-refractivity contribution >= 4 is 27.5 Å². The summed E-state index contributed by atoms with van der Waals surface area (Å²) >= 11 is 5.91. The maximum atomic E-state index is 16.1. The number of nitrogens with one attached hydrogen (secondary N) is 1. The molecule has 220 valence electrons. The molecule has 1 amide bonds. The quantitative estimate of drug-likeness (QED) is 0.306. The number of nitrogens with zero attached hydrogens (tertiary/aromatic N) is 1. The average molecular weight is 597 g/mol. The predicted octanol–water partition coefficient (Wildman–Crippen LogP) is 6.92. The maximum absolute atomic E-state index is 16.1. The summed E-state index contributed by atoms with van der Waals surface area (Å²) in [5.41, 5.74) is -0.496. The number of rotatable bonds is 11. The van der Waals surface area contributed by atoms with Crippen LogP contribution in [-0.2, 0) is 20.7 Å². The van der Waals surface area contributed by atoms with Crippen LogP contribution in [0.1, 0.15) is 77.2 Å². The summed E-state index contributed by atoms with van der Waals surface area (Å²) in [5.74, 6) is -3.77. The van der Waals surface area contributed by atoms with Gasteiger partial charge in [0.15, 0.2) is 6.04 Å². The molecule has 0 bridgehead atoms. The summed E-state index contributed by atoms with van der Waals surface area (Å²) in [6, 6.07) is 7.72. The first-order chi connectivity index (χ1) is 19.1. The highest BCUT2D eigenvalue weighted by molar-refractivity contribution is 7.89. The van der Waals surface area contributed by atoms with Gasteiger partial charge >= 0.3 is 0 Å². The average Bonchev–Trinajstić information content (AvgIpc) is 3.39. The molecule has 1 heterocycles. The lowest BCUT2D eigenvalue weighted by Crippen LogP contribution is -2.58. The Hall–Kier alpha value is -2.23. The molecule has 2 aliphatic rings. The number of alkyl halides is 2. The van der Waals surface area contributed by atoms with Gasteiger partial charge in [-0.3, -0.25) is 4.79 Å². The molecule has 2 aromatic carbocycles. The number of ether oxygens (including phenoxy) is 1. The molecule has 1 aliphatic heterocycles. The van der Waals surface area contributed by atoms with Gasteiger partial charge in [0.1, 0.15) is 5.75 Å². The predicted molar refractivity (Wildman–Crippen MR) is 152 cm³/mol. The third-order valence-corrected chi connectivity index (χ3v) is 9.96. The maximum Gasteiger partial charge on any atom is 0.298 e. The van der Waals surface area contributed by atoms with E-state index in [1.54, 1.807) is 0 Å². The van der Waals surface area contributed by atoms with Gasteiger partial charge in [0, 0.05) is 22.7 Å². The number of carbonyl (C=O) groups excluding carboxylic acids is 1. The van der Waals surface area contributed by atoms with Crippen molar-refractivity contribution in [1.82, 2.24) is 9.62 Å². The molecule has 1 aliphatic carbocycles. The van der Waals surface area contributed by atoms with E-state index in [0.717, 1.165) is 25.0 Å². The molecule has 10 heteroatoms. The Bertz CT molecular complexity index is 1220. The molecule has 6 nitrogen and oxygen atoms in total. The Balaban J connectivity index is 1.60. The van der Waals surface area contributed by atoms with Crippen molar-refractivity contribution in [2.45, 2.75) is 101 Å². The van der Waals surface area contributed by atoms with E-state index in [1.807, 2.05) is 13.8 Å². The van der Waals surface area contributed by atoms with Gasteiger partial charge in [-0.1, -0.05) is 56.8 Å². The number of sulfonamides is 1. The van der Waals surface area contributed by atoms with Crippen LogP contribution in [0, 0.1) is 5.92 Å². The number of hydrogen-bond donors (Lipinski definition) is 1. The number of halogens is 3. The lowest BCUT2D eigenvalue weighted by molar-refractivity contribution is -0.147. The van der Waals surface area contributed by atoms with Gasteiger partial charge in [-0.25, -0.2) is 8.42 Å². The molecule has 2 aromatic rings. The zero-order chi connectivity index (χ0) is 28.9. The summed E-state index contributed by atoms with van der Waals surface area (Å²) in [6.45, 7) is 4.36. The first-order valence-electron chi connectivity index (χ1n) is 14.3. The van der Waals surface area contributed by atoms with E-state index >= 15 is 8.78 Å². The molecule has 4 rings (SSSR count). The lowest BCUT2D eigenvalue weighted by atomic mass is 9.90. The summed E-state index contributed by atoms with van der Waals surface area (Å²) in [6.07, 6.45) is 8.41. The minimum absolute atomic E-state index is 0.220. The van der Waals surface area contributed by atoms with Crippen molar-refractivity contribution in [3.8, 4) is 5.75 Å². The lowest BCUT2D eigenvalue weighted by Gasteiger charge is -2.36. The molecule has 2 fully saturated rings. The second kappa shape index (κ2) is 13.2. The fourth-order valence-corrected chi connectivity index (χ4v) is 7.21. The Morgan fingerprint density at radius 3 is 2.10 bits per heavy atom. The molecule has 40 heavy (non-hydrogen) atoms. The van der Waals surface area contributed by atoms with E-state index in [2.05, 4.69) is 4.72 Å². The van der Waals surface area contributed by atoms with E-state index in [-0.39, 0.29) is 22.0 Å². The van der Waals surface area contributed by atoms with Gasteiger partial charge in [0.2, 0.25) is 15.9 Å². The van der Waals surface area contributed by atoms with Gasteiger partial charge in [-0.15, -0.1) is 0 Å². The molecule has 1 N–H and O–H groups in total. The highest BCUT2D eigenvalue weighted by atomic mass is 35.5. The Morgan fingerprint density at radius 1 is 0.975 bits per heavy atom. The standard InChI is InChI=1S/C30H39ClF2N2O4S/c1-3-24-14-15-25(4-2)35(24)29(36)28(30(32,33)22-10-12-23(31)13-11-22)34-40(37,38)27-18-16-26(17-19-27)39-20-21-8-6-5-7-9-21/h10-13,16-19,21,24-25,28,34H,3-9,14-15,20H2,1-2H3. The summed E-state index contributed by atoms with van der Waals surface area (Å²) < 4.78 is 67.0. The van der Waals surface area contributed by atoms with Crippen LogP contribution in [0.15, 0.2) is 53.4 Å². The zero-order valence-corrected chi connectivity index (χ0v) is 24.7. The van der Waals surface area contributed by atoms with Crippen LogP contribution < -0.4 is 9.46 Å². The van der Waals surface area contributed by atoms with Crippen molar-refractivity contribution in [3.63, 3.8) is 0 Å². The fourth-order valence-electron chi connectivity index (χ4n) is 5.90. The first kappa shape index (κ1) is 30.7. The molecule has 0 spiro atoms. The second-order valence-electron chi connectivity index (χ2n) is 10.9. The van der Waals surface area contributed by atoms with Crippen molar-refractivity contribution in [1.29, 1.82) is 0 Å². The monoisotopic (exact) mass is 596 g/mol. The fraction of sp³-hybridized carbons (Fsp3) is 0.567. The zero-order valence-electron chi connectivity index (χ0n) is 23.1. The van der Waals surface area contributed by atoms with Gasteiger partial charge in [-0.05, 0) is 80.8 Å². The van der Waals surface area contributed by atoms with Crippen molar-refractivity contribution in [2.24, 2.45) is 5.92 Å². The molecule has 1 saturated heterocycles. The summed E-state index contributed by atoms with van der Waals surface area (Å²) in [7, 11) is -4.49. The van der Waals surface area contributed by atoms with Crippen LogP contribution >= 0.6 is 11.6 Å². The van der Waals surface area contributed by atoms with E-state index < -0.39 is 33.5 Å². The SMILES string of the molecule is CCC1CCC(CC)N1C(=O)C(NS(=O)(=O)c1ccc(OCC2CCCCC2)cc1)C(F)(F)c1ccc(Cl)cc1. The van der Waals surface area contributed by atoms with Gasteiger partial charge < -0.3 is 9.64 Å². The smallest absolute Gasteiger partial charge is 0.298 e. The van der Waals surface area contributed by atoms with Crippen LogP contribution in [0.4, 0.5) is 8.78 Å². The van der Waals surface area contributed by atoms with Crippen LogP contribution in [0.3, 0.4) is 0 Å². The highest BCUT2D eigenvalue weighted by Gasteiger charge is 2.52. The molecular formula is C30H39ClF2N2O4S. The van der Waals surface area contributed by atoms with Crippen LogP contribution in [0.5, 0.6) is 5.75 Å². The molecule has 0 aromatic heterocycles.